The molecule has 258 valence electrons. The van der Waals surface area contributed by atoms with Crippen LogP contribution in [0.1, 0.15) is 108 Å². The number of ether oxygens (including phenoxy) is 5. The third-order valence-electron chi connectivity index (χ3n) is 12.4. The Morgan fingerprint density at radius 2 is 1.08 bits per heavy atom. The molecule has 0 unspecified atom stereocenters. The molecule has 10 rings (SSSR count). The van der Waals surface area contributed by atoms with Gasteiger partial charge in [-0.2, -0.15) is 0 Å². The number of hydrogen-bond donors (Lipinski definition) is 0. The lowest BCUT2D eigenvalue weighted by Gasteiger charge is -2.39. The Kier molecular flexibility index (Phi) is 7.75. The highest BCUT2D eigenvalue weighted by molar-refractivity contribution is 6.15. The molecule has 3 saturated heterocycles. The minimum absolute atomic E-state index is 0.148. The number of rotatable bonds is 4. The molecule has 1 spiro atoms. The number of aryl methyl sites for hydroxylation is 2. The van der Waals surface area contributed by atoms with E-state index in [1.54, 1.807) is 0 Å². The van der Waals surface area contributed by atoms with E-state index in [0.29, 0.717) is 39.3 Å². The Morgan fingerprint density at radius 3 is 1.53 bits per heavy atom. The van der Waals surface area contributed by atoms with Crippen molar-refractivity contribution in [3.05, 3.63) is 67.8 Å². The van der Waals surface area contributed by atoms with Crippen molar-refractivity contribution in [3.63, 3.8) is 0 Å². The second-order valence-electron chi connectivity index (χ2n) is 15.4. The van der Waals surface area contributed by atoms with Crippen LogP contribution in [0.5, 0.6) is 0 Å². The van der Waals surface area contributed by atoms with E-state index in [1.807, 2.05) is 0 Å². The van der Waals surface area contributed by atoms with Gasteiger partial charge in [0.1, 0.15) is 0 Å². The van der Waals surface area contributed by atoms with Crippen LogP contribution in [0.3, 0.4) is 0 Å². The first-order valence-corrected chi connectivity index (χ1v) is 19.1. The largest absolute Gasteiger partial charge is 0.374 e. The fourth-order valence-electron chi connectivity index (χ4n) is 10.4. The third kappa shape index (κ3) is 5.24. The lowest BCUT2D eigenvalue weighted by molar-refractivity contribution is -0.115. The number of carbonyl (C=O) groups excluding carboxylic acids is 1. The standard InChI is InChI=1S/C41H48N2O6/c44-38-28(22-32-30-8-3-13-42-11-1-6-26(36(30)42)20-34(32)39-45-16-17-46-39)24-41(10-5-15-49-41)25-29(38)23-33-31-9-4-14-43-12-2-7-27(37(31)43)21-35(33)40-47-18-19-48-40/h20-23,39-40H,1-19,24-25H2/b28-22+,29-23+. The molecule has 7 heterocycles. The number of anilines is 2. The van der Waals surface area contributed by atoms with Crippen molar-refractivity contribution in [1.29, 1.82) is 0 Å². The van der Waals surface area contributed by atoms with Crippen molar-refractivity contribution >= 4 is 29.3 Å². The molecule has 0 amide bonds. The molecule has 2 aromatic rings. The first-order valence-electron chi connectivity index (χ1n) is 19.1. The van der Waals surface area contributed by atoms with Gasteiger partial charge in [0.25, 0.3) is 0 Å². The number of hydrogen-bond acceptors (Lipinski definition) is 8. The first-order chi connectivity index (χ1) is 24.1. The quantitative estimate of drug-likeness (QED) is 0.341. The number of nitrogens with zero attached hydrogens (tertiary/aromatic N) is 2. The van der Waals surface area contributed by atoms with E-state index in [2.05, 4.69) is 34.1 Å². The molecule has 8 aliphatic rings. The predicted octanol–water partition coefficient (Wildman–Crippen LogP) is 6.55. The molecule has 0 atom stereocenters. The summed E-state index contributed by atoms with van der Waals surface area (Å²) in [5, 5.41) is 0. The molecule has 4 fully saturated rings. The summed E-state index contributed by atoms with van der Waals surface area (Å²) in [4.78, 5) is 20.1. The zero-order chi connectivity index (χ0) is 32.5. The zero-order valence-electron chi connectivity index (χ0n) is 28.7. The van der Waals surface area contributed by atoms with Crippen LogP contribution in [-0.2, 0) is 54.2 Å². The average molecular weight is 665 g/mol. The zero-order valence-corrected chi connectivity index (χ0v) is 28.7. The van der Waals surface area contributed by atoms with Crippen LogP contribution in [0.4, 0.5) is 11.4 Å². The van der Waals surface area contributed by atoms with Gasteiger partial charge in [-0.05, 0) is 122 Å². The van der Waals surface area contributed by atoms with Gasteiger partial charge >= 0.3 is 0 Å². The van der Waals surface area contributed by atoms with Gasteiger partial charge in [0, 0.05) is 79.3 Å². The fourth-order valence-corrected chi connectivity index (χ4v) is 10.4. The Balaban J connectivity index is 1.14. The first kappa shape index (κ1) is 30.8. The lowest BCUT2D eigenvalue weighted by Crippen LogP contribution is -2.37. The highest BCUT2D eigenvalue weighted by atomic mass is 16.7. The molecule has 2 aromatic carbocycles. The van der Waals surface area contributed by atoms with Gasteiger partial charge in [-0.15, -0.1) is 0 Å². The Bertz CT molecular complexity index is 1620. The maximum atomic E-state index is 14.9. The van der Waals surface area contributed by atoms with E-state index < -0.39 is 12.6 Å². The van der Waals surface area contributed by atoms with Gasteiger partial charge in [0.2, 0.25) is 0 Å². The summed E-state index contributed by atoms with van der Waals surface area (Å²) in [6.07, 6.45) is 15.7. The molecule has 1 aliphatic carbocycles. The molecule has 0 N–H and O–H groups in total. The smallest absolute Gasteiger partial charge is 0.185 e. The molecule has 8 nitrogen and oxygen atoms in total. The van der Waals surface area contributed by atoms with Gasteiger partial charge in [-0.1, -0.05) is 0 Å². The number of ketones is 1. The molecule has 8 heteroatoms. The maximum absolute atomic E-state index is 14.9. The van der Waals surface area contributed by atoms with Crippen molar-refractivity contribution in [2.75, 3.05) is 69.0 Å². The molecular weight excluding hydrogens is 616 g/mol. The van der Waals surface area contributed by atoms with E-state index in [1.165, 1.54) is 46.5 Å². The van der Waals surface area contributed by atoms with Gasteiger partial charge in [0.05, 0.1) is 32.0 Å². The Morgan fingerprint density at radius 1 is 0.612 bits per heavy atom. The molecular formula is C41H48N2O6. The Hall–Kier alpha value is -3.01. The van der Waals surface area contributed by atoms with Crippen molar-refractivity contribution < 1.29 is 28.5 Å². The summed E-state index contributed by atoms with van der Waals surface area (Å²) in [5.74, 6) is 0.148. The van der Waals surface area contributed by atoms with E-state index in [9.17, 15) is 4.79 Å². The second kappa shape index (κ2) is 12.3. The molecule has 49 heavy (non-hydrogen) atoms. The Labute approximate surface area is 289 Å². The maximum Gasteiger partial charge on any atom is 0.185 e. The van der Waals surface area contributed by atoms with E-state index >= 15 is 0 Å². The van der Waals surface area contributed by atoms with E-state index in [4.69, 9.17) is 23.7 Å². The fraction of sp³-hybridized carbons (Fsp3) is 0.585. The monoisotopic (exact) mass is 664 g/mol. The lowest BCUT2D eigenvalue weighted by atomic mass is 9.74. The van der Waals surface area contributed by atoms with Gasteiger partial charge in [-0.3, -0.25) is 4.79 Å². The van der Waals surface area contributed by atoms with Crippen LogP contribution in [0.2, 0.25) is 0 Å². The minimum Gasteiger partial charge on any atom is -0.374 e. The van der Waals surface area contributed by atoms with Gasteiger partial charge < -0.3 is 33.5 Å². The highest BCUT2D eigenvalue weighted by Crippen LogP contribution is 2.48. The topological polar surface area (TPSA) is 69.7 Å². The predicted molar refractivity (Wildman–Crippen MR) is 188 cm³/mol. The van der Waals surface area contributed by atoms with Crippen molar-refractivity contribution in [2.24, 2.45) is 0 Å². The van der Waals surface area contributed by atoms with Gasteiger partial charge in [0.15, 0.2) is 18.4 Å². The van der Waals surface area contributed by atoms with Crippen LogP contribution >= 0.6 is 0 Å². The molecule has 0 bridgehead atoms. The molecule has 0 aromatic heterocycles. The van der Waals surface area contributed by atoms with E-state index in [-0.39, 0.29) is 11.4 Å². The summed E-state index contributed by atoms with van der Waals surface area (Å²) in [6.45, 7) is 7.55. The summed E-state index contributed by atoms with van der Waals surface area (Å²) in [6, 6.07) is 4.67. The third-order valence-corrected chi connectivity index (χ3v) is 12.4. The van der Waals surface area contributed by atoms with Crippen molar-refractivity contribution in [2.45, 2.75) is 95.2 Å². The summed E-state index contributed by atoms with van der Waals surface area (Å²) < 4.78 is 31.3. The minimum atomic E-state index is -0.392. The number of benzene rings is 2. The van der Waals surface area contributed by atoms with Gasteiger partial charge in [-0.25, -0.2) is 0 Å². The summed E-state index contributed by atoms with van der Waals surface area (Å²) in [7, 11) is 0. The SMILES string of the molecule is O=C1/C(=C/c2c(C3OCCO3)cc3c4c2CCCN4CCC3)CC2(CCCO2)C/C1=C\c1c(C2OCCO2)cc2c3c1CCCN3CCC2. The highest BCUT2D eigenvalue weighted by Gasteiger charge is 2.44. The molecule has 7 aliphatic heterocycles. The van der Waals surface area contributed by atoms with Crippen LogP contribution in [0.15, 0.2) is 23.3 Å². The molecule has 1 saturated carbocycles. The summed E-state index contributed by atoms with van der Waals surface area (Å²) >= 11 is 0. The van der Waals surface area contributed by atoms with Crippen LogP contribution in [0, 0.1) is 0 Å². The average Bonchev–Trinajstić information content (AvgIpc) is 3.94. The number of Topliss-reactive ketones (excluding diaryl/α,β-unsaturated/α-hetero) is 1. The van der Waals surface area contributed by atoms with E-state index in [0.717, 1.165) is 118 Å². The van der Waals surface area contributed by atoms with Crippen LogP contribution in [-0.4, -0.2) is 70.6 Å². The van der Waals surface area contributed by atoms with Crippen molar-refractivity contribution in [1.82, 2.24) is 0 Å². The second-order valence-corrected chi connectivity index (χ2v) is 15.4. The normalized spacial score (nSPS) is 28.7. The molecule has 0 radical (unpaired) electrons. The van der Waals surface area contributed by atoms with Crippen LogP contribution < -0.4 is 9.80 Å². The summed E-state index contributed by atoms with van der Waals surface area (Å²) in [5.41, 5.74) is 14.1. The van der Waals surface area contributed by atoms with Crippen LogP contribution in [0.25, 0.3) is 12.2 Å². The number of carbonyl (C=O) groups is 1. The van der Waals surface area contributed by atoms with Crippen molar-refractivity contribution in [3.8, 4) is 0 Å².